The summed E-state index contributed by atoms with van der Waals surface area (Å²) in [5.41, 5.74) is 4.99. The van der Waals surface area contributed by atoms with E-state index in [1.807, 2.05) is 0 Å². The van der Waals surface area contributed by atoms with Crippen LogP contribution >= 0.6 is 0 Å². The first-order chi connectivity index (χ1) is 9.24. The van der Waals surface area contributed by atoms with Crippen LogP contribution in [0.5, 0.6) is 0 Å². The van der Waals surface area contributed by atoms with Crippen LogP contribution in [0.1, 0.15) is 24.8 Å². The van der Waals surface area contributed by atoms with Gasteiger partial charge in [-0.1, -0.05) is 36.9 Å². The molecule has 3 rings (SSSR count). The summed E-state index contributed by atoms with van der Waals surface area (Å²) >= 11 is 0. The number of aromatic nitrogens is 1. The maximum absolute atomic E-state index is 4.24. The molecular formula is C17H20N2. The van der Waals surface area contributed by atoms with E-state index in [2.05, 4.69) is 53.9 Å². The number of hydrogen-bond donors (Lipinski definition) is 2. The molecule has 2 aromatic rings. The summed E-state index contributed by atoms with van der Waals surface area (Å²) in [6.07, 6.45) is 6.41. The van der Waals surface area contributed by atoms with Crippen LogP contribution in [0, 0.1) is 0 Å². The Hall–Kier alpha value is -1.96. The van der Waals surface area contributed by atoms with Crippen LogP contribution < -0.4 is 5.32 Å². The van der Waals surface area contributed by atoms with Gasteiger partial charge in [-0.2, -0.15) is 0 Å². The van der Waals surface area contributed by atoms with Crippen molar-refractivity contribution < 1.29 is 0 Å². The van der Waals surface area contributed by atoms with Gasteiger partial charge in [-0.25, -0.2) is 0 Å². The molecule has 1 saturated heterocycles. The van der Waals surface area contributed by atoms with Gasteiger partial charge >= 0.3 is 0 Å². The zero-order chi connectivity index (χ0) is 13.2. The van der Waals surface area contributed by atoms with Crippen molar-refractivity contribution in [2.75, 3.05) is 0 Å². The Morgan fingerprint density at radius 3 is 2.89 bits per heavy atom. The SMILES string of the molecule is C=C1CCCC(=C)C(Cc2c[nH]c3ccccc23)N1. The third-order valence-corrected chi connectivity index (χ3v) is 3.95. The Morgan fingerprint density at radius 1 is 1.16 bits per heavy atom. The van der Waals surface area contributed by atoms with Crippen molar-refractivity contribution in [2.45, 2.75) is 31.7 Å². The molecule has 0 saturated carbocycles. The average Bonchev–Trinajstić information content (AvgIpc) is 2.73. The van der Waals surface area contributed by atoms with Crippen molar-refractivity contribution in [3.8, 4) is 0 Å². The fourth-order valence-electron chi connectivity index (χ4n) is 2.84. The molecule has 0 amide bonds. The Balaban J connectivity index is 1.87. The van der Waals surface area contributed by atoms with Crippen LogP contribution in [0.25, 0.3) is 10.9 Å². The summed E-state index contributed by atoms with van der Waals surface area (Å²) in [6.45, 7) is 8.33. The molecule has 98 valence electrons. The van der Waals surface area contributed by atoms with E-state index in [1.54, 1.807) is 0 Å². The number of benzene rings is 1. The Kier molecular flexibility index (Phi) is 3.16. The molecule has 2 N–H and O–H groups in total. The van der Waals surface area contributed by atoms with Crippen LogP contribution in [-0.4, -0.2) is 11.0 Å². The lowest BCUT2D eigenvalue weighted by Crippen LogP contribution is -2.30. The molecule has 19 heavy (non-hydrogen) atoms. The van der Waals surface area contributed by atoms with E-state index in [1.165, 1.54) is 22.0 Å². The fraction of sp³-hybridized carbons (Fsp3) is 0.294. The molecule has 1 aliphatic heterocycles. The van der Waals surface area contributed by atoms with Gasteiger partial charge in [-0.15, -0.1) is 0 Å². The number of hydrogen-bond acceptors (Lipinski definition) is 1. The van der Waals surface area contributed by atoms with Gasteiger partial charge in [0.2, 0.25) is 0 Å². The van der Waals surface area contributed by atoms with Crippen molar-refractivity contribution in [1.82, 2.24) is 10.3 Å². The molecule has 0 radical (unpaired) electrons. The molecule has 1 atom stereocenters. The van der Waals surface area contributed by atoms with Gasteiger partial charge in [0.1, 0.15) is 0 Å². The van der Waals surface area contributed by atoms with Crippen LogP contribution in [0.4, 0.5) is 0 Å². The molecule has 2 nitrogen and oxygen atoms in total. The number of fused-ring (bicyclic) bond motifs is 1. The van der Waals surface area contributed by atoms with Crippen LogP contribution in [-0.2, 0) is 6.42 Å². The minimum atomic E-state index is 0.314. The number of aromatic amines is 1. The molecule has 1 aromatic carbocycles. The lowest BCUT2D eigenvalue weighted by molar-refractivity contribution is 0.639. The molecule has 1 aliphatic rings. The standard InChI is InChI=1S/C17H20N2/c1-12-6-5-7-13(2)19-17(12)10-14-11-18-16-9-4-3-8-15(14)16/h3-4,8-9,11,17-19H,1-2,5-7,10H2. The zero-order valence-corrected chi connectivity index (χ0v) is 11.2. The highest BCUT2D eigenvalue weighted by molar-refractivity contribution is 5.83. The Labute approximate surface area is 114 Å². The largest absolute Gasteiger partial charge is 0.382 e. The van der Waals surface area contributed by atoms with Crippen LogP contribution in [0.15, 0.2) is 54.9 Å². The van der Waals surface area contributed by atoms with Gasteiger partial charge in [0.15, 0.2) is 0 Å². The third-order valence-electron chi connectivity index (χ3n) is 3.95. The van der Waals surface area contributed by atoms with Crippen molar-refractivity contribution >= 4 is 10.9 Å². The van der Waals surface area contributed by atoms with E-state index in [4.69, 9.17) is 0 Å². The van der Waals surface area contributed by atoms with E-state index < -0.39 is 0 Å². The molecule has 0 aliphatic carbocycles. The predicted molar refractivity (Wildman–Crippen MR) is 81.1 cm³/mol. The number of H-pyrrole nitrogens is 1. The molecule has 0 spiro atoms. The van der Waals surface area contributed by atoms with Gasteiger partial charge < -0.3 is 10.3 Å². The molecule has 1 unspecified atom stereocenters. The highest BCUT2D eigenvalue weighted by Crippen LogP contribution is 2.24. The van der Waals surface area contributed by atoms with E-state index in [0.717, 1.165) is 31.4 Å². The molecular weight excluding hydrogens is 232 g/mol. The summed E-state index contributed by atoms with van der Waals surface area (Å²) in [5, 5.41) is 4.84. The second-order valence-electron chi connectivity index (χ2n) is 5.38. The Morgan fingerprint density at radius 2 is 2.00 bits per heavy atom. The number of allylic oxidation sites excluding steroid dienone is 1. The van der Waals surface area contributed by atoms with Crippen LogP contribution in [0.2, 0.25) is 0 Å². The molecule has 1 fully saturated rings. The normalized spacial score (nSPS) is 20.3. The van der Waals surface area contributed by atoms with Crippen molar-refractivity contribution in [2.24, 2.45) is 0 Å². The summed E-state index contributed by atoms with van der Waals surface area (Å²) < 4.78 is 0. The minimum absolute atomic E-state index is 0.314. The second kappa shape index (κ2) is 4.96. The minimum Gasteiger partial charge on any atom is -0.382 e. The van der Waals surface area contributed by atoms with Crippen molar-refractivity contribution in [1.29, 1.82) is 0 Å². The van der Waals surface area contributed by atoms with Crippen molar-refractivity contribution in [3.05, 3.63) is 60.5 Å². The number of nitrogens with one attached hydrogen (secondary N) is 2. The first-order valence-electron chi connectivity index (χ1n) is 6.91. The zero-order valence-electron chi connectivity index (χ0n) is 11.2. The summed E-state index contributed by atoms with van der Waals surface area (Å²) in [5.74, 6) is 0. The van der Waals surface area contributed by atoms with Gasteiger partial charge in [0, 0.05) is 22.8 Å². The molecule has 1 aromatic heterocycles. The lowest BCUT2D eigenvalue weighted by atomic mass is 9.97. The van der Waals surface area contributed by atoms with Gasteiger partial charge in [-0.3, -0.25) is 0 Å². The van der Waals surface area contributed by atoms with Gasteiger partial charge in [-0.05, 0) is 37.3 Å². The summed E-state index contributed by atoms with van der Waals surface area (Å²) in [7, 11) is 0. The molecule has 2 heterocycles. The second-order valence-corrected chi connectivity index (χ2v) is 5.38. The molecule has 0 bridgehead atoms. The number of para-hydroxylation sites is 1. The first kappa shape index (κ1) is 12.1. The highest BCUT2D eigenvalue weighted by Gasteiger charge is 2.18. The fourth-order valence-corrected chi connectivity index (χ4v) is 2.84. The summed E-state index contributed by atoms with van der Waals surface area (Å²) in [6, 6.07) is 8.76. The lowest BCUT2D eigenvalue weighted by Gasteiger charge is -2.19. The third kappa shape index (κ3) is 2.43. The maximum Gasteiger partial charge on any atom is 0.0509 e. The van der Waals surface area contributed by atoms with E-state index >= 15 is 0 Å². The first-order valence-corrected chi connectivity index (χ1v) is 6.91. The monoisotopic (exact) mass is 252 g/mol. The summed E-state index contributed by atoms with van der Waals surface area (Å²) in [4.78, 5) is 3.34. The highest BCUT2D eigenvalue weighted by atomic mass is 14.9. The van der Waals surface area contributed by atoms with E-state index in [-0.39, 0.29) is 0 Å². The Bertz CT molecular complexity index is 621. The van der Waals surface area contributed by atoms with E-state index in [9.17, 15) is 0 Å². The van der Waals surface area contributed by atoms with Gasteiger partial charge in [0.25, 0.3) is 0 Å². The van der Waals surface area contributed by atoms with Gasteiger partial charge in [0.05, 0.1) is 6.04 Å². The molecule has 2 heteroatoms. The quantitative estimate of drug-likeness (QED) is 0.779. The topological polar surface area (TPSA) is 27.8 Å². The van der Waals surface area contributed by atoms with E-state index in [0.29, 0.717) is 6.04 Å². The van der Waals surface area contributed by atoms with Crippen LogP contribution in [0.3, 0.4) is 0 Å². The van der Waals surface area contributed by atoms with Crippen molar-refractivity contribution in [3.63, 3.8) is 0 Å². The maximum atomic E-state index is 4.24. The predicted octanol–water partition coefficient (Wildman–Crippen LogP) is 3.92. The number of rotatable bonds is 2. The average molecular weight is 252 g/mol. The smallest absolute Gasteiger partial charge is 0.0509 e.